The van der Waals surface area contributed by atoms with Gasteiger partial charge < -0.3 is 44.2 Å². The number of aliphatic hydroxyl groups excluding tert-OH is 2. The van der Waals surface area contributed by atoms with Crippen LogP contribution in [0.5, 0.6) is 0 Å². The van der Waals surface area contributed by atoms with E-state index in [1.165, 1.54) is 0 Å². The van der Waals surface area contributed by atoms with Crippen molar-refractivity contribution in [3.63, 3.8) is 0 Å². The van der Waals surface area contributed by atoms with Crippen LogP contribution in [0.1, 0.15) is 38.8 Å². The van der Waals surface area contributed by atoms with Crippen LogP contribution in [-0.4, -0.2) is 83.5 Å². The minimum absolute atomic E-state index is 0. The fraction of sp³-hybridized carbons (Fsp3) is 0.500. The second-order valence-electron chi connectivity index (χ2n) is 11.4. The number of likely N-dealkylation sites (N-methyl/N-ethyl adjacent to an activating group) is 2. The number of carbonyl (C=O) groups excluding carboxylic acids is 2. The monoisotopic (exact) mass is 628 g/mol. The van der Waals surface area contributed by atoms with Gasteiger partial charge in [-0.2, -0.15) is 0 Å². The number of halogens is 2. The van der Waals surface area contributed by atoms with Crippen molar-refractivity contribution in [2.75, 3.05) is 41.4 Å². The van der Waals surface area contributed by atoms with Crippen LogP contribution in [0, 0.1) is 0 Å². The van der Waals surface area contributed by atoms with Crippen molar-refractivity contribution >= 4 is 11.8 Å². The van der Waals surface area contributed by atoms with Crippen LogP contribution in [0.3, 0.4) is 0 Å². The number of rotatable bonds is 9. The molecule has 2 aromatic carbocycles. The maximum absolute atomic E-state index is 12.9. The zero-order valence-corrected chi connectivity index (χ0v) is 26.0. The lowest BCUT2D eigenvalue weighted by molar-refractivity contribution is -0.866. The number of aliphatic hydroxyl groups is 2. The Morgan fingerprint density at radius 3 is 1.08 bits per heavy atom. The summed E-state index contributed by atoms with van der Waals surface area (Å²) in [7, 11) is 7.35. The molecule has 0 fully saturated rings. The lowest BCUT2D eigenvalue weighted by Crippen LogP contribution is -3.00. The normalized spacial score (nSPS) is 12.4. The molecular formula is C28H42Br2N2O4. The summed E-state index contributed by atoms with van der Waals surface area (Å²) >= 11 is 0. The molecule has 2 N–H and O–H groups in total. The van der Waals surface area contributed by atoms with Gasteiger partial charge >= 0.3 is 11.8 Å². The Morgan fingerprint density at radius 2 is 0.861 bits per heavy atom. The molecule has 0 heterocycles. The Bertz CT molecular complexity index is 931. The first-order chi connectivity index (χ1) is 15.6. The van der Waals surface area contributed by atoms with E-state index in [1.807, 2.05) is 104 Å². The minimum Gasteiger partial charge on any atom is -1.00 e. The standard InChI is InChI=1S/C28H42N2O4.2BrH/c1-27(2,19-31)29(5,6)25(33)17-21-9-13-23(14-10-21)24-15-11-22(12-16-24)18-26(34)30(7,8)28(3,4)20-32;;/h9-16,31-32H,17-20H2,1-8H3;2*1H/q+2;;/p-2. The van der Waals surface area contributed by atoms with Crippen LogP contribution in [0.25, 0.3) is 11.1 Å². The zero-order valence-electron chi connectivity index (χ0n) is 22.8. The van der Waals surface area contributed by atoms with Crippen LogP contribution < -0.4 is 34.0 Å². The fourth-order valence-corrected chi connectivity index (χ4v) is 3.40. The smallest absolute Gasteiger partial charge is 0.318 e. The van der Waals surface area contributed by atoms with E-state index in [0.717, 1.165) is 22.3 Å². The van der Waals surface area contributed by atoms with E-state index in [-0.39, 0.29) is 68.0 Å². The van der Waals surface area contributed by atoms with Crippen molar-refractivity contribution in [3.05, 3.63) is 59.7 Å². The molecular weight excluding hydrogens is 588 g/mol. The van der Waals surface area contributed by atoms with Crippen molar-refractivity contribution < 1.29 is 62.7 Å². The molecule has 0 saturated heterocycles. The molecule has 2 aromatic rings. The quantitative estimate of drug-likeness (QED) is 0.294. The maximum atomic E-state index is 12.9. The van der Waals surface area contributed by atoms with E-state index >= 15 is 0 Å². The van der Waals surface area contributed by atoms with Gasteiger partial charge in [-0.1, -0.05) is 48.5 Å². The number of nitrogens with zero attached hydrogens (tertiary/aromatic N) is 2. The Balaban J connectivity index is 0.00000612. The molecule has 0 bridgehead atoms. The highest BCUT2D eigenvalue weighted by Gasteiger charge is 2.43. The van der Waals surface area contributed by atoms with E-state index in [1.54, 1.807) is 0 Å². The molecule has 2 amide bonds. The second-order valence-corrected chi connectivity index (χ2v) is 11.4. The molecule has 202 valence electrons. The van der Waals surface area contributed by atoms with Gasteiger partial charge in [-0.05, 0) is 49.9 Å². The summed E-state index contributed by atoms with van der Waals surface area (Å²) in [5, 5.41) is 19.3. The summed E-state index contributed by atoms with van der Waals surface area (Å²) in [5.74, 6) is 0.0954. The summed E-state index contributed by atoms with van der Waals surface area (Å²) in [4.78, 5) is 25.8. The van der Waals surface area contributed by atoms with Gasteiger partial charge in [0.25, 0.3) is 0 Å². The SMILES string of the molecule is CC(C)(CO)[N+](C)(C)C(=O)Cc1ccc(-c2ccc(CC(=O)[N+](C)(C)C(C)(C)CO)cc2)cc1.[Br-].[Br-]. The Labute approximate surface area is 237 Å². The predicted octanol–water partition coefficient (Wildman–Crippen LogP) is -2.81. The number of hydrogen-bond donors (Lipinski definition) is 2. The third kappa shape index (κ3) is 7.33. The van der Waals surface area contributed by atoms with Gasteiger partial charge in [0.15, 0.2) is 0 Å². The maximum Gasteiger partial charge on any atom is 0.318 e. The molecule has 0 spiro atoms. The van der Waals surface area contributed by atoms with Gasteiger partial charge in [-0.25, -0.2) is 9.59 Å². The molecule has 0 unspecified atom stereocenters. The Kier molecular flexibility index (Phi) is 12.4. The van der Waals surface area contributed by atoms with Gasteiger partial charge in [0.05, 0.1) is 54.2 Å². The highest BCUT2D eigenvalue weighted by Crippen LogP contribution is 2.25. The van der Waals surface area contributed by atoms with Crippen LogP contribution in [0.4, 0.5) is 0 Å². The topological polar surface area (TPSA) is 74.6 Å². The Hall–Kier alpha value is -1.42. The van der Waals surface area contributed by atoms with Gasteiger partial charge in [-0.15, -0.1) is 0 Å². The molecule has 0 aliphatic rings. The lowest BCUT2D eigenvalue weighted by atomic mass is 9.97. The second kappa shape index (κ2) is 12.9. The summed E-state index contributed by atoms with van der Waals surface area (Å²) in [5.41, 5.74) is 2.83. The minimum atomic E-state index is -0.553. The van der Waals surface area contributed by atoms with E-state index in [2.05, 4.69) is 0 Å². The van der Waals surface area contributed by atoms with E-state index < -0.39 is 11.1 Å². The van der Waals surface area contributed by atoms with Crippen molar-refractivity contribution in [2.45, 2.75) is 51.6 Å². The first kappa shape index (κ1) is 34.6. The summed E-state index contributed by atoms with van der Waals surface area (Å²) < 4.78 is 0.215. The summed E-state index contributed by atoms with van der Waals surface area (Å²) in [6.07, 6.45) is 0.603. The van der Waals surface area contributed by atoms with Crippen LogP contribution in [-0.2, 0) is 22.4 Å². The third-order valence-electron chi connectivity index (χ3n) is 8.00. The Morgan fingerprint density at radius 1 is 0.611 bits per heavy atom. The zero-order chi connectivity index (χ0) is 25.9. The molecule has 2 rings (SSSR count). The molecule has 0 atom stereocenters. The van der Waals surface area contributed by atoms with Crippen LogP contribution >= 0.6 is 0 Å². The fourth-order valence-electron chi connectivity index (χ4n) is 3.40. The molecule has 0 aliphatic heterocycles. The third-order valence-corrected chi connectivity index (χ3v) is 8.00. The average molecular weight is 630 g/mol. The van der Waals surface area contributed by atoms with Gasteiger partial charge in [0.2, 0.25) is 0 Å². The first-order valence-electron chi connectivity index (χ1n) is 11.7. The van der Waals surface area contributed by atoms with E-state index in [4.69, 9.17) is 0 Å². The molecule has 0 aliphatic carbocycles. The molecule has 0 aromatic heterocycles. The van der Waals surface area contributed by atoms with Gasteiger partial charge in [0, 0.05) is 0 Å². The molecule has 36 heavy (non-hydrogen) atoms. The predicted molar refractivity (Wildman–Crippen MR) is 136 cm³/mol. The summed E-state index contributed by atoms with van der Waals surface area (Å²) in [6.45, 7) is 7.42. The number of amides is 2. The number of quaternary nitrogens is 2. The van der Waals surface area contributed by atoms with Crippen LogP contribution in [0.15, 0.2) is 48.5 Å². The molecule has 6 nitrogen and oxygen atoms in total. The number of benzene rings is 2. The van der Waals surface area contributed by atoms with Gasteiger partial charge in [0.1, 0.15) is 11.1 Å². The lowest BCUT2D eigenvalue weighted by Gasteiger charge is -2.41. The van der Waals surface area contributed by atoms with Crippen molar-refractivity contribution in [3.8, 4) is 11.1 Å². The average Bonchev–Trinajstić information content (AvgIpc) is 2.79. The summed E-state index contributed by atoms with van der Waals surface area (Å²) in [6, 6.07) is 15.9. The number of hydrogen-bond acceptors (Lipinski definition) is 4. The first-order valence-corrected chi connectivity index (χ1v) is 11.7. The van der Waals surface area contributed by atoms with E-state index in [0.29, 0.717) is 12.8 Å². The highest BCUT2D eigenvalue weighted by molar-refractivity contribution is 5.74. The van der Waals surface area contributed by atoms with Crippen molar-refractivity contribution in [1.29, 1.82) is 0 Å². The molecule has 0 radical (unpaired) electrons. The van der Waals surface area contributed by atoms with Crippen molar-refractivity contribution in [1.82, 2.24) is 0 Å². The molecule has 0 saturated carbocycles. The van der Waals surface area contributed by atoms with Crippen molar-refractivity contribution in [2.24, 2.45) is 0 Å². The largest absolute Gasteiger partial charge is 1.00 e. The van der Waals surface area contributed by atoms with Crippen LogP contribution in [0.2, 0.25) is 0 Å². The number of carbonyl (C=O) groups is 2. The molecule has 8 heteroatoms. The van der Waals surface area contributed by atoms with E-state index in [9.17, 15) is 19.8 Å². The van der Waals surface area contributed by atoms with Gasteiger partial charge in [-0.3, -0.25) is 8.97 Å². The highest BCUT2D eigenvalue weighted by atomic mass is 79.9.